The van der Waals surface area contributed by atoms with Crippen molar-refractivity contribution in [2.24, 2.45) is 0 Å². The SMILES string of the molecule is C=CCN(C(=O)Cn1c(=O)c(C#N)cn(CC)c1=O)c1nc(-c2ccc(Cl)c(Cl)c2)cs1. The summed E-state index contributed by atoms with van der Waals surface area (Å²) in [4.78, 5) is 44.0. The first-order valence-corrected chi connectivity index (χ1v) is 11.0. The van der Waals surface area contributed by atoms with Gasteiger partial charge in [0.1, 0.15) is 18.2 Å². The van der Waals surface area contributed by atoms with E-state index in [2.05, 4.69) is 11.6 Å². The van der Waals surface area contributed by atoms with Gasteiger partial charge in [-0.15, -0.1) is 17.9 Å². The van der Waals surface area contributed by atoms with Crippen LogP contribution in [0.15, 0.2) is 52.0 Å². The van der Waals surface area contributed by atoms with E-state index in [0.29, 0.717) is 20.9 Å². The summed E-state index contributed by atoms with van der Waals surface area (Å²) in [6.45, 7) is 5.18. The fraction of sp³-hybridized carbons (Fsp3) is 0.190. The zero-order chi connectivity index (χ0) is 23.4. The highest BCUT2D eigenvalue weighted by atomic mass is 35.5. The number of nitrogens with zero attached hydrogens (tertiary/aromatic N) is 5. The fourth-order valence-electron chi connectivity index (χ4n) is 2.91. The van der Waals surface area contributed by atoms with Gasteiger partial charge in [0, 0.05) is 30.2 Å². The van der Waals surface area contributed by atoms with Gasteiger partial charge in [-0.25, -0.2) is 14.3 Å². The van der Waals surface area contributed by atoms with Crippen LogP contribution in [0.2, 0.25) is 10.0 Å². The Kier molecular flexibility index (Phi) is 7.30. The number of amides is 1. The largest absolute Gasteiger partial charge is 0.331 e. The van der Waals surface area contributed by atoms with Crippen LogP contribution in [0, 0.1) is 11.3 Å². The molecule has 164 valence electrons. The van der Waals surface area contributed by atoms with Gasteiger partial charge in [-0.1, -0.05) is 35.3 Å². The number of thiazole rings is 1. The first-order chi connectivity index (χ1) is 15.3. The van der Waals surface area contributed by atoms with Gasteiger partial charge in [0.05, 0.1) is 15.7 Å². The number of carbonyl (C=O) groups excluding carboxylic acids is 1. The molecule has 3 aromatic rings. The van der Waals surface area contributed by atoms with Crippen LogP contribution in [0.4, 0.5) is 5.13 Å². The quantitative estimate of drug-likeness (QED) is 0.472. The Morgan fingerprint density at radius 1 is 1.34 bits per heavy atom. The molecule has 1 aromatic carbocycles. The van der Waals surface area contributed by atoms with E-state index in [9.17, 15) is 19.6 Å². The second-order valence-corrected chi connectivity index (χ2v) is 8.20. The number of aryl methyl sites for hydroxylation is 1. The number of halogens is 2. The molecule has 0 saturated heterocycles. The van der Waals surface area contributed by atoms with Crippen LogP contribution in [-0.2, 0) is 17.9 Å². The molecule has 2 aromatic heterocycles. The summed E-state index contributed by atoms with van der Waals surface area (Å²) in [5, 5.41) is 12.1. The zero-order valence-corrected chi connectivity index (χ0v) is 19.2. The van der Waals surface area contributed by atoms with Crippen molar-refractivity contribution in [2.45, 2.75) is 20.0 Å². The third-order valence-corrected chi connectivity index (χ3v) is 6.15. The average molecular weight is 490 g/mol. The molecule has 0 aliphatic heterocycles. The van der Waals surface area contributed by atoms with Crippen molar-refractivity contribution in [1.29, 1.82) is 5.26 Å². The van der Waals surface area contributed by atoms with Crippen molar-refractivity contribution in [3.05, 3.63) is 78.9 Å². The van der Waals surface area contributed by atoms with Crippen molar-refractivity contribution in [3.8, 4) is 17.3 Å². The van der Waals surface area contributed by atoms with Gasteiger partial charge in [0.2, 0.25) is 5.91 Å². The minimum atomic E-state index is -0.815. The summed E-state index contributed by atoms with van der Waals surface area (Å²) < 4.78 is 1.96. The number of carbonyl (C=O) groups is 1. The van der Waals surface area contributed by atoms with Gasteiger partial charge < -0.3 is 0 Å². The van der Waals surface area contributed by atoms with Gasteiger partial charge >= 0.3 is 5.69 Å². The minimum Gasteiger partial charge on any atom is -0.299 e. The number of rotatable bonds is 7. The van der Waals surface area contributed by atoms with Gasteiger partial charge in [0.25, 0.3) is 5.56 Å². The summed E-state index contributed by atoms with van der Waals surface area (Å²) in [6, 6.07) is 6.84. The molecule has 2 heterocycles. The lowest BCUT2D eigenvalue weighted by Gasteiger charge is -2.19. The molecule has 0 atom stereocenters. The first kappa shape index (κ1) is 23.5. The normalized spacial score (nSPS) is 10.6. The maximum absolute atomic E-state index is 13.1. The Balaban J connectivity index is 1.96. The third kappa shape index (κ3) is 4.67. The molecule has 11 heteroatoms. The molecule has 32 heavy (non-hydrogen) atoms. The standard InChI is InChI=1S/C21H17Cl2N5O3S/c1-3-7-27(20-25-17(12-32-20)13-5-6-15(22)16(23)8-13)18(29)11-28-19(30)14(9-24)10-26(4-2)21(28)31/h3,5-6,8,10,12H,1,4,7,11H2,2H3. The number of aromatic nitrogens is 3. The summed E-state index contributed by atoms with van der Waals surface area (Å²) in [5.41, 5.74) is -0.395. The Labute approximate surface area is 197 Å². The summed E-state index contributed by atoms with van der Waals surface area (Å²) in [7, 11) is 0. The summed E-state index contributed by atoms with van der Waals surface area (Å²) in [6.07, 6.45) is 2.70. The van der Waals surface area contributed by atoms with Crippen LogP contribution in [-0.4, -0.2) is 26.6 Å². The third-order valence-electron chi connectivity index (χ3n) is 4.54. The number of anilines is 1. The monoisotopic (exact) mass is 489 g/mol. The molecule has 0 spiro atoms. The van der Waals surface area contributed by atoms with E-state index in [1.807, 2.05) is 0 Å². The van der Waals surface area contributed by atoms with Crippen LogP contribution in [0.1, 0.15) is 12.5 Å². The molecule has 0 fully saturated rings. The van der Waals surface area contributed by atoms with Crippen molar-refractivity contribution >= 4 is 45.6 Å². The van der Waals surface area contributed by atoms with E-state index < -0.39 is 23.7 Å². The van der Waals surface area contributed by atoms with Gasteiger partial charge in [-0.3, -0.25) is 19.1 Å². The first-order valence-electron chi connectivity index (χ1n) is 9.37. The Morgan fingerprint density at radius 3 is 2.72 bits per heavy atom. The van der Waals surface area contributed by atoms with E-state index in [1.54, 1.807) is 36.6 Å². The van der Waals surface area contributed by atoms with Crippen molar-refractivity contribution in [3.63, 3.8) is 0 Å². The predicted octanol–water partition coefficient (Wildman–Crippen LogP) is 3.55. The lowest BCUT2D eigenvalue weighted by atomic mass is 10.2. The molecule has 0 saturated carbocycles. The molecule has 8 nitrogen and oxygen atoms in total. The molecule has 0 aliphatic carbocycles. The van der Waals surface area contributed by atoms with Crippen molar-refractivity contribution < 1.29 is 4.79 Å². The maximum Gasteiger partial charge on any atom is 0.331 e. The van der Waals surface area contributed by atoms with E-state index in [4.69, 9.17) is 23.2 Å². The highest BCUT2D eigenvalue weighted by Crippen LogP contribution is 2.31. The summed E-state index contributed by atoms with van der Waals surface area (Å²) >= 11 is 13.3. The van der Waals surface area contributed by atoms with Crippen LogP contribution in [0.25, 0.3) is 11.3 Å². The maximum atomic E-state index is 13.1. The molecule has 0 aliphatic rings. The molecule has 0 radical (unpaired) electrons. The Bertz CT molecular complexity index is 1350. The van der Waals surface area contributed by atoms with Crippen LogP contribution < -0.4 is 16.1 Å². The topological polar surface area (TPSA) is 101 Å². The van der Waals surface area contributed by atoms with E-state index in [0.717, 1.165) is 10.1 Å². The van der Waals surface area contributed by atoms with Crippen LogP contribution in [0.5, 0.6) is 0 Å². The number of hydrogen-bond donors (Lipinski definition) is 0. The second-order valence-electron chi connectivity index (χ2n) is 6.55. The van der Waals surface area contributed by atoms with Crippen LogP contribution in [0.3, 0.4) is 0 Å². The highest BCUT2D eigenvalue weighted by Gasteiger charge is 2.22. The second kappa shape index (κ2) is 9.96. The minimum absolute atomic E-state index is 0.113. The molecular formula is C21H17Cl2N5O3S. The molecule has 0 bridgehead atoms. The van der Waals surface area contributed by atoms with Gasteiger partial charge in [-0.2, -0.15) is 5.26 Å². The van der Waals surface area contributed by atoms with Crippen LogP contribution >= 0.6 is 34.5 Å². The van der Waals surface area contributed by atoms with E-state index in [-0.39, 0.29) is 18.7 Å². The Hall–Kier alpha value is -3.19. The predicted molar refractivity (Wildman–Crippen MR) is 125 cm³/mol. The zero-order valence-electron chi connectivity index (χ0n) is 16.9. The van der Waals surface area contributed by atoms with Gasteiger partial charge in [0.15, 0.2) is 5.13 Å². The molecule has 3 rings (SSSR count). The lowest BCUT2D eigenvalue weighted by Crippen LogP contribution is -2.45. The fourth-order valence-corrected chi connectivity index (χ4v) is 4.07. The molecule has 1 amide bonds. The van der Waals surface area contributed by atoms with E-state index in [1.165, 1.54) is 33.1 Å². The molecular weight excluding hydrogens is 473 g/mol. The summed E-state index contributed by atoms with van der Waals surface area (Å²) in [5.74, 6) is -0.545. The van der Waals surface area contributed by atoms with Gasteiger partial charge in [-0.05, 0) is 19.1 Å². The Morgan fingerprint density at radius 2 is 2.09 bits per heavy atom. The lowest BCUT2D eigenvalue weighted by molar-refractivity contribution is -0.119. The van der Waals surface area contributed by atoms with Crippen molar-refractivity contribution in [2.75, 3.05) is 11.4 Å². The highest BCUT2D eigenvalue weighted by molar-refractivity contribution is 7.14. The molecule has 0 unspecified atom stereocenters. The number of nitriles is 1. The number of benzene rings is 1. The van der Waals surface area contributed by atoms with E-state index >= 15 is 0 Å². The molecule has 0 N–H and O–H groups in total. The number of hydrogen-bond acceptors (Lipinski definition) is 6. The smallest absolute Gasteiger partial charge is 0.299 e. The average Bonchev–Trinajstić information content (AvgIpc) is 3.26. The van der Waals surface area contributed by atoms with Crippen molar-refractivity contribution in [1.82, 2.24) is 14.1 Å².